The fourth-order valence-corrected chi connectivity index (χ4v) is 1.37. The highest BCUT2D eigenvalue weighted by atomic mass is 17.2. The first-order valence-electron chi connectivity index (χ1n) is 3.71. The predicted octanol–water partition coefficient (Wildman–Crippen LogP) is 0.894. The van der Waals surface area contributed by atoms with Crippen LogP contribution >= 0.6 is 0 Å². The van der Waals surface area contributed by atoms with E-state index in [2.05, 4.69) is 4.89 Å². The molecule has 2 aliphatic heterocycles. The van der Waals surface area contributed by atoms with E-state index in [9.17, 15) is 0 Å². The van der Waals surface area contributed by atoms with Crippen LogP contribution in [0, 0.1) is 0 Å². The highest BCUT2D eigenvalue weighted by Gasteiger charge is 2.31. The average molecular weight is 158 g/mol. The van der Waals surface area contributed by atoms with E-state index in [1.165, 1.54) is 0 Å². The van der Waals surface area contributed by atoms with Gasteiger partial charge in [0.2, 0.25) is 0 Å². The van der Waals surface area contributed by atoms with Crippen LogP contribution in [0.15, 0.2) is 12.2 Å². The third kappa shape index (κ3) is 1.30. The highest BCUT2D eigenvalue weighted by molar-refractivity contribution is 5.02. The van der Waals surface area contributed by atoms with Crippen molar-refractivity contribution in [2.24, 2.45) is 0 Å². The molecule has 2 bridgehead atoms. The Hall–Kier alpha value is -0.420. The summed E-state index contributed by atoms with van der Waals surface area (Å²) in [6.45, 7) is 0. The molecule has 3 atom stereocenters. The molecule has 4 nitrogen and oxygen atoms in total. The van der Waals surface area contributed by atoms with Crippen molar-refractivity contribution in [3.63, 3.8) is 0 Å². The van der Waals surface area contributed by atoms with Gasteiger partial charge in [0, 0.05) is 0 Å². The summed E-state index contributed by atoms with van der Waals surface area (Å²) < 4.78 is 0. The van der Waals surface area contributed by atoms with Gasteiger partial charge in [-0.15, -0.1) is 0 Å². The molecule has 0 saturated carbocycles. The van der Waals surface area contributed by atoms with E-state index in [4.69, 9.17) is 15.0 Å². The lowest BCUT2D eigenvalue weighted by Gasteiger charge is -2.19. The lowest BCUT2D eigenvalue weighted by atomic mass is 10.1. The minimum Gasteiger partial charge on any atom is -0.251 e. The lowest BCUT2D eigenvalue weighted by molar-refractivity contribution is -0.368. The average Bonchev–Trinajstić information content (AvgIpc) is 2.36. The SMILES string of the molecule is OO[C@@H]1CC[C@@H]2C=C[C@H]1OO2. The van der Waals surface area contributed by atoms with Crippen molar-refractivity contribution in [3.05, 3.63) is 12.2 Å². The van der Waals surface area contributed by atoms with Crippen molar-refractivity contribution in [2.45, 2.75) is 31.2 Å². The van der Waals surface area contributed by atoms with Crippen LogP contribution in [0.1, 0.15) is 12.8 Å². The van der Waals surface area contributed by atoms with Gasteiger partial charge in [0.05, 0.1) is 0 Å². The molecule has 0 aromatic rings. The van der Waals surface area contributed by atoms with Crippen LogP contribution in [0.25, 0.3) is 0 Å². The van der Waals surface area contributed by atoms with Crippen LogP contribution < -0.4 is 0 Å². The molecule has 0 aromatic carbocycles. The van der Waals surface area contributed by atoms with Gasteiger partial charge in [0.1, 0.15) is 18.3 Å². The van der Waals surface area contributed by atoms with Gasteiger partial charge in [-0.05, 0) is 12.8 Å². The summed E-state index contributed by atoms with van der Waals surface area (Å²) in [6, 6.07) is 0. The van der Waals surface area contributed by atoms with Crippen molar-refractivity contribution in [1.29, 1.82) is 0 Å². The maximum Gasteiger partial charge on any atom is 0.140 e. The van der Waals surface area contributed by atoms with Gasteiger partial charge in [-0.1, -0.05) is 12.2 Å². The van der Waals surface area contributed by atoms with E-state index in [0.29, 0.717) is 0 Å². The smallest absolute Gasteiger partial charge is 0.140 e. The fraction of sp³-hybridized carbons (Fsp3) is 0.714. The largest absolute Gasteiger partial charge is 0.251 e. The topological polar surface area (TPSA) is 47.9 Å². The molecule has 1 N–H and O–H groups in total. The Morgan fingerprint density at radius 1 is 1.27 bits per heavy atom. The maximum atomic E-state index is 8.47. The normalized spacial score (nSPS) is 42.5. The summed E-state index contributed by atoms with van der Waals surface area (Å²) in [5.74, 6) is 0. The zero-order valence-corrected chi connectivity index (χ0v) is 5.97. The van der Waals surface area contributed by atoms with Gasteiger partial charge >= 0.3 is 0 Å². The third-order valence-corrected chi connectivity index (χ3v) is 2.04. The molecular formula is C7H10O4. The van der Waals surface area contributed by atoms with E-state index < -0.39 is 0 Å². The van der Waals surface area contributed by atoms with Crippen molar-refractivity contribution < 1.29 is 19.9 Å². The van der Waals surface area contributed by atoms with E-state index in [-0.39, 0.29) is 18.3 Å². The van der Waals surface area contributed by atoms with E-state index >= 15 is 0 Å². The maximum absolute atomic E-state index is 8.47. The van der Waals surface area contributed by atoms with E-state index in [1.54, 1.807) is 0 Å². The minimum atomic E-state index is -0.279. The van der Waals surface area contributed by atoms with Crippen LogP contribution in [0.5, 0.6) is 0 Å². The molecule has 1 aliphatic carbocycles. The minimum absolute atomic E-state index is 0.0337. The molecular weight excluding hydrogens is 148 g/mol. The lowest BCUT2D eigenvalue weighted by Crippen LogP contribution is -2.28. The summed E-state index contributed by atoms with van der Waals surface area (Å²) in [7, 11) is 0. The van der Waals surface area contributed by atoms with Gasteiger partial charge in [-0.3, -0.25) is 5.26 Å². The summed E-state index contributed by atoms with van der Waals surface area (Å²) in [5, 5.41) is 8.47. The van der Waals surface area contributed by atoms with Crippen molar-refractivity contribution >= 4 is 0 Å². The quantitative estimate of drug-likeness (QED) is 0.350. The number of hydrogen-bond acceptors (Lipinski definition) is 4. The second-order valence-electron chi connectivity index (χ2n) is 2.80. The molecule has 0 amide bonds. The van der Waals surface area contributed by atoms with E-state index in [1.807, 2.05) is 12.2 Å². The molecule has 0 radical (unpaired) electrons. The first-order chi connectivity index (χ1) is 5.40. The van der Waals surface area contributed by atoms with Crippen molar-refractivity contribution in [1.82, 2.24) is 0 Å². The Morgan fingerprint density at radius 3 is 2.82 bits per heavy atom. The second kappa shape index (κ2) is 2.91. The number of fused-ring (bicyclic) bond motifs is 3. The molecule has 2 heterocycles. The number of hydrogen-bond donors (Lipinski definition) is 1. The monoisotopic (exact) mass is 158 g/mol. The Kier molecular flexibility index (Phi) is 1.91. The Balaban J connectivity index is 2.11. The summed E-state index contributed by atoms with van der Waals surface area (Å²) in [5.41, 5.74) is 0. The molecule has 4 heteroatoms. The molecule has 0 spiro atoms. The Morgan fingerprint density at radius 2 is 2.18 bits per heavy atom. The van der Waals surface area contributed by atoms with Gasteiger partial charge in [-0.2, -0.15) is 0 Å². The van der Waals surface area contributed by atoms with Crippen LogP contribution in [0.4, 0.5) is 0 Å². The molecule has 62 valence electrons. The van der Waals surface area contributed by atoms with Gasteiger partial charge < -0.3 is 0 Å². The standard InChI is InChI=1S/C7H10O4/c8-9-6-3-1-5-2-4-7(6)11-10-5/h2,4-8H,1,3H2/t5-,6-,7-/m1/s1. The van der Waals surface area contributed by atoms with Crippen molar-refractivity contribution in [3.8, 4) is 0 Å². The predicted molar refractivity (Wildman–Crippen MR) is 35.6 cm³/mol. The molecule has 0 aromatic heterocycles. The van der Waals surface area contributed by atoms with Crippen LogP contribution in [-0.4, -0.2) is 23.6 Å². The molecule has 1 saturated heterocycles. The van der Waals surface area contributed by atoms with Gasteiger partial charge in [0.25, 0.3) is 0 Å². The summed E-state index contributed by atoms with van der Waals surface area (Å²) in [6.07, 6.45) is 4.90. The first-order valence-corrected chi connectivity index (χ1v) is 3.71. The van der Waals surface area contributed by atoms with Gasteiger partial charge in [0.15, 0.2) is 0 Å². The third-order valence-electron chi connectivity index (χ3n) is 2.04. The zero-order valence-electron chi connectivity index (χ0n) is 5.97. The molecule has 3 rings (SSSR count). The summed E-state index contributed by atoms with van der Waals surface area (Å²) >= 11 is 0. The molecule has 1 fully saturated rings. The second-order valence-corrected chi connectivity index (χ2v) is 2.80. The Bertz CT molecular complexity index is 168. The van der Waals surface area contributed by atoms with Crippen LogP contribution in [0.2, 0.25) is 0 Å². The zero-order chi connectivity index (χ0) is 7.68. The van der Waals surface area contributed by atoms with Crippen LogP contribution in [-0.2, 0) is 14.7 Å². The summed E-state index contributed by atoms with van der Waals surface area (Å²) in [4.78, 5) is 14.1. The number of rotatable bonds is 1. The van der Waals surface area contributed by atoms with E-state index in [0.717, 1.165) is 12.8 Å². The molecule has 0 unspecified atom stereocenters. The molecule has 3 aliphatic rings. The first kappa shape index (κ1) is 7.24. The van der Waals surface area contributed by atoms with Crippen LogP contribution in [0.3, 0.4) is 0 Å². The molecule has 11 heavy (non-hydrogen) atoms. The van der Waals surface area contributed by atoms with Gasteiger partial charge in [-0.25, -0.2) is 14.7 Å². The van der Waals surface area contributed by atoms with Crippen molar-refractivity contribution in [2.75, 3.05) is 0 Å². The highest BCUT2D eigenvalue weighted by Crippen LogP contribution is 2.25. The Labute approximate surface area is 64.2 Å². The fourth-order valence-electron chi connectivity index (χ4n) is 1.37.